The van der Waals surface area contributed by atoms with Crippen LogP contribution in [0.3, 0.4) is 0 Å². The zero-order chi connectivity index (χ0) is 22.0. The average Bonchev–Trinajstić information content (AvgIpc) is 2.92. The van der Waals surface area contributed by atoms with E-state index in [1.165, 1.54) is 34.8 Å². The molecule has 31 heavy (non-hydrogen) atoms. The third kappa shape index (κ3) is 4.40. The number of nitrogens with zero attached hydrogens (tertiary/aromatic N) is 2. The number of thiophene rings is 1. The van der Waals surface area contributed by atoms with Crippen molar-refractivity contribution in [3.63, 3.8) is 0 Å². The first-order chi connectivity index (χ1) is 14.9. The van der Waals surface area contributed by atoms with Crippen LogP contribution in [-0.2, 0) is 22.9 Å². The Labute approximate surface area is 187 Å². The van der Waals surface area contributed by atoms with E-state index in [1.807, 2.05) is 6.92 Å². The molecule has 164 valence electrons. The fourth-order valence-corrected chi connectivity index (χ4v) is 7.40. The van der Waals surface area contributed by atoms with Gasteiger partial charge in [0.25, 0.3) is 5.91 Å². The molecule has 2 aromatic rings. The largest absolute Gasteiger partial charge is 0.312 e. The summed E-state index contributed by atoms with van der Waals surface area (Å²) in [6.07, 6.45) is 7.96. The summed E-state index contributed by atoms with van der Waals surface area (Å²) in [7, 11) is -3.57. The number of carbonyl (C=O) groups excluding carboxylic acids is 1. The molecule has 2 aliphatic rings. The number of nitrogens with one attached hydrogen (secondary N) is 1. The van der Waals surface area contributed by atoms with Crippen molar-refractivity contribution in [3.8, 4) is 6.07 Å². The van der Waals surface area contributed by atoms with E-state index in [-0.39, 0.29) is 16.8 Å². The molecule has 0 spiro atoms. The Balaban J connectivity index is 1.53. The molecule has 0 saturated carbocycles. The van der Waals surface area contributed by atoms with E-state index in [4.69, 9.17) is 0 Å². The predicted octanol–water partition coefficient (Wildman–Crippen LogP) is 4.70. The third-order valence-corrected chi connectivity index (χ3v) is 9.46. The van der Waals surface area contributed by atoms with E-state index >= 15 is 0 Å². The number of benzene rings is 1. The first-order valence-electron chi connectivity index (χ1n) is 10.9. The van der Waals surface area contributed by atoms with Gasteiger partial charge in [-0.2, -0.15) is 9.57 Å². The van der Waals surface area contributed by atoms with E-state index in [0.29, 0.717) is 22.7 Å². The lowest BCUT2D eigenvalue weighted by atomic mass is 10.1. The quantitative estimate of drug-likeness (QED) is 0.674. The Morgan fingerprint density at radius 3 is 2.58 bits per heavy atom. The van der Waals surface area contributed by atoms with Gasteiger partial charge in [0, 0.05) is 23.0 Å². The standard InChI is InChI=1S/C23H27N3O3S2/c1-16-7-5-6-14-26(16)31(28,29)18-12-10-17(11-13-18)22(27)25-23-20(15-24)19-8-3-2-4-9-21(19)30-23/h10-13,16H,2-9,14H2,1H3,(H,25,27). The molecule has 8 heteroatoms. The minimum Gasteiger partial charge on any atom is -0.312 e. The fraction of sp³-hybridized carbons (Fsp3) is 0.478. The van der Waals surface area contributed by atoms with Crippen molar-refractivity contribution in [2.75, 3.05) is 11.9 Å². The van der Waals surface area contributed by atoms with Crippen LogP contribution in [0.1, 0.15) is 71.8 Å². The number of rotatable bonds is 4. The van der Waals surface area contributed by atoms with Crippen molar-refractivity contribution in [3.05, 3.63) is 45.8 Å². The molecule has 1 N–H and O–H groups in total. The highest BCUT2D eigenvalue weighted by atomic mass is 32.2. The van der Waals surface area contributed by atoms with Gasteiger partial charge in [0.05, 0.1) is 10.5 Å². The van der Waals surface area contributed by atoms with E-state index in [1.54, 1.807) is 16.4 Å². The van der Waals surface area contributed by atoms with E-state index in [9.17, 15) is 18.5 Å². The first kappa shape index (κ1) is 22.0. The molecular formula is C23H27N3O3S2. The molecule has 0 radical (unpaired) electrons. The van der Waals surface area contributed by atoms with Gasteiger partial charge in [-0.25, -0.2) is 8.42 Å². The number of nitriles is 1. The summed E-state index contributed by atoms with van der Waals surface area (Å²) in [5.74, 6) is -0.330. The average molecular weight is 458 g/mol. The topological polar surface area (TPSA) is 90.3 Å². The summed E-state index contributed by atoms with van der Waals surface area (Å²) in [4.78, 5) is 14.2. The number of hydrogen-bond donors (Lipinski definition) is 1. The van der Waals surface area contributed by atoms with Gasteiger partial charge >= 0.3 is 0 Å². The lowest BCUT2D eigenvalue weighted by Gasteiger charge is -2.32. The summed E-state index contributed by atoms with van der Waals surface area (Å²) in [5, 5.41) is 13.1. The van der Waals surface area contributed by atoms with Crippen LogP contribution in [0.2, 0.25) is 0 Å². The van der Waals surface area contributed by atoms with Crippen LogP contribution in [0.15, 0.2) is 29.2 Å². The molecule has 1 saturated heterocycles. The Hall–Kier alpha value is -2.21. The van der Waals surface area contributed by atoms with E-state index < -0.39 is 10.0 Å². The molecule has 1 aliphatic carbocycles. The maximum absolute atomic E-state index is 13.0. The van der Waals surface area contributed by atoms with Gasteiger partial charge in [-0.3, -0.25) is 4.79 Å². The molecule has 4 rings (SSSR count). The van der Waals surface area contributed by atoms with Crippen LogP contribution in [-0.4, -0.2) is 31.2 Å². The highest BCUT2D eigenvalue weighted by Gasteiger charge is 2.31. The first-order valence-corrected chi connectivity index (χ1v) is 13.2. The number of sulfonamides is 1. The van der Waals surface area contributed by atoms with Crippen LogP contribution in [0.4, 0.5) is 5.00 Å². The van der Waals surface area contributed by atoms with E-state index in [2.05, 4.69) is 11.4 Å². The van der Waals surface area contributed by atoms with Gasteiger partial charge in [-0.05, 0) is 75.3 Å². The second-order valence-corrected chi connectivity index (χ2v) is 11.3. The van der Waals surface area contributed by atoms with Crippen molar-refractivity contribution in [1.29, 1.82) is 5.26 Å². The molecule has 6 nitrogen and oxygen atoms in total. The second kappa shape index (κ2) is 9.11. The van der Waals surface area contributed by atoms with Gasteiger partial charge in [-0.1, -0.05) is 12.8 Å². The molecule has 1 aromatic carbocycles. The predicted molar refractivity (Wildman–Crippen MR) is 122 cm³/mol. The number of piperidine rings is 1. The Kier molecular flexibility index (Phi) is 6.47. The van der Waals surface area contributed by atoms with Crippen molar-refractivity contribution >= 4 is 32.3 Å². The minimum absolute atomic E-state index is 0.0137. The van der Waals surface area contributed by atoms with Crippen LogP contribution in [0, 0.1) is 11.3 Å². The van der Waals surface area contributed by atoms with Crippen molar-refractivity contribution in [2.24, 2.45) is 0 Å². The highest BCUT2D eigenvalue weighted by molar-refractivity contribution is 7.89. The third-order valence-electron chi connectivity index (χ3n) is 6.23. The Morgan fingerprint density at radius 2 is 1.87 bits per heavy atom. The van der Waals surface area contributed by atoms with Crippen LogP contribution < -0.4 is 5.32 Å². The SMILES string of the molecule is CC1CCCCN1S(=O)(=O)c1ccc(C(=O)Nc2sc3c(c2C#N)CCCCC3)cc1. The summed E-state index contributed by atoms with van der Waals surface area (Å²) < 4.78 is 27.5. The van der Waals surface area contributed by atoms with Crippen LogP contribution >= 0.6 is 11.3 Å². The zero-order valence-electron chi connectivity index (χ0n) is 17.7. The molecule has 1 amide bonds. The maximum Gasteiger partial charge on any atom is 0.256 e. The molecule has 1 aromatic heterocycles. The number of aryl methyl sites for hydroxylation is 1. The van der Waals surface area contributed by atoms with E-state index in [0.717, 1.165) is 50.5 Å². The molecule has 1 aliphatic heterocycles. The van der Waals surface area contributed by atoms with Crippen molar-refractivity contribution < 1.29 is 13.2 Å². The van der Waals surface area contributed by atoms with Crippen LogP contribution in [0.25, 0.3) is 0 Å². The second-order valence-electron chi connectivity index (χ2n) is 8.32. The van der Waals surface area contributed by atoms with Gasteiger partial charge in [0.1, 0.15) is 11.1 Å². The number of carbonyl (C=O) groups is 1. The van der Waals surface area contributed by atoms with Gasteiger partial charge in [0.15, 0.2) is 0 Å². The fourth-order valence-electron chi connectivity index (χ4n) is 4.47. The number of amides is 1. The normalized spacial score (nSPS) is 19.8. The van der Waals surface area contributed by atoms with Gasteiger partial charge in [0.2, 0.25) is 10.0 Å². The van der Waals surface area contributed by atoms with Crippen LogP contribution in [0.5, 0.6) is 0 Å². The summed E-state index contributed by atoms with van der Waals surface area (Å²) >= 11 is 1.49. The molecule has 0 bridgehead atoms. The summed E-state index contributed by atoms with van der Waals surface area (Å²) in [6.45, 7) is 2.47. The zero-order valence-corrected chi connectivity index (χ0v) is 19.3. The molecule has 1 unspecified atom stereocenters. The smallest absolute Gasteiger partial charge is 0.256 e. The monoisotopic (exact) mass is 457 g/mol. The van der Waals surface area contributed by atoms with Gasteiger partial charge < -0.3 is 5.32 Å². The number of anilines is 1. The van der Waals surface area contributed by atoms with Gasteiger partial charge in [-0.15, -0.1) is 11.3 Å². The molecular weight excluding hydrogens is 430 g/mol. The molecule has 2 heterocycles. The molecule has 1 fully saturated rings. The lowest BCUT2D eigenvalue weighted by Crippen LogP contribution is -2.41. The minimum atomic E-state index is -3.57. The number of hydrogen-bond acceptors (Lipinski definition) is 5. The molecule has 1 atom stereocenters. The number of fused-ring (bicyclic) bond motifs is 1. The van der Waals surface area contributed by atoms with Crippen molar-refractivity contribution in [1.82, 2.24) is 4.31 Å². The summed E-state index contributed by atoms with van der Waals surface area (Å²) in [6, 6.07) is 8.34. The lowest BCUT2D eigenvalue weighted by molar-refractivity contribution is 0.102. The van der Waals surface area contributed by atoms with Crippen molar-refractivity contribution in [2.45, 2.75) is 69.2 Å². The Morgan fingerprint density at radius 1 is 1.13 bits per heavy atom. The Bertz CT molecular complexity index is 1110. The summed E-state index contributed by atoms with van der Waals surface area (Å²) in [5.41, 5.74) is 2.03. The maximum atomic E-state index is 13.0. The highest BCUT2D eigenvalue weighted by Crippen LogP contribution is 2.37.